The van der Waals surface area contributed by atoms with Gasteiger partial charge in [0.15, 0.2) is 18.2 Å². The van der Waals surface area contributed by atoms with E-state index >= 15 is 0 Å². The van der Waals surface area contributed by atoms with Gasteiger partial charge >= 0.3 is 5.97 Å². The Hall–Kier alpha value is -1.74. The van der Waals surface area contributed by atoms with Gasteiger partial charge in [-0.25, -0.2) is 22.0 Å². The standard InChI is InChI=1S/C11H13F2NO5S/c1-14(5-4-12)20(17,18)8-2-3-10(9(13)6-8)19-7-11(15)16/h2-3,6H,4-5,7H2,1H3,(H,15,16). The van der Waals surface area contributed by atoms with E-state index < -0.39 is 35.1 Å². The zero-order chi connectivity index (χ0) is 15.3. The molecule has 0 spiro atoms. The molecule has 1 aromatic carbocycles. The molecule has 1 N–H and O–H groups in total. The Morgan fingerprint density at radius 2 is 2.10 bits per heavy atom. The summed E-state index contributed by atoms with van der Waals surface area (Å²) >= 11 is 0. The van der Waals surface area contributed by atoms with Gasteiger partial charge in [-0.1, -0.05) is 0 Å². The van der Waals surface area contributed by atoms with Gasteiger partial charge in [0.2, 0.25) is 10.0 Å². The predicted molar refractivity (Wildman–Crippen MR) is 65.3 cm³/mol. The molecular weight excluding hydrogens is 296 g/mol. The van der Waals surface area contributed by atoms with Crippen molar-refractivity contribution in [2.24, 2.45) is 0 Å². The quantitative estimate of drug-likeness (QED) is 0.808. The van der Waals surface area contributed by atoms with E-state index in [2.05, 4.69) is 4.74 Å². The van der Waals surface area contributed by atoms with E-state index in [1.807, 2.05) is 0 Å². The molecule has 1 aromatic rings. The number of rotatable bonds is 7. The Morgan fingerprint density at radius 3 is 2.60 bits per heavy atom. The summed E-state index contributed by atoms with van der Waals surface area (Å²) in [6.07, 6.45) is 0. The number of halogens is 2. The summed E-state index contributed by atoms with van der Waals surface area (Å²) in [5.41, 5.74) is 0. The van der Waals surface area contributed by atoms with Gasteiger partial charge in [0.05, 0.1) is 4.90 Å². The van der Waals surface area contributed by atoms with Gasteiger partial charge < -0.3 is 9.84 Å². The first-order valence-electron chi connectivity index (χ1n) is 5.45. The minimum absolute atomic E-state index is 0.346. The zero-order valence-corrected chi connectivity index (χ0v) is 11.4. The molecule has 0 aromatic heterocycles. The van der Waals surface area contributed by atoms with Crippen LogP contribution in [0.5, 0.6) is 5.75 Å². The van der Waals surface area contributed by atoms with E-state index in [1.165, 1.54) is 7.05 Å². The Kier molecular flexibility index (Phi) is 5.40. The Balaban J connectivity index is 2.99. The van der Waals surface area contributed by atoms with Crippen LogP contribution in [-0.4, -0.2) is 50.7 Å². The molecule has 0 aliphatic heterocycles. The third-order valence-electron chi connectivity index (χ3n) is 2.36. The molecule has 0 atom stereocenters. The minimum Gasteiger partial charge on any atom is -0.479 e. The maximum atomic E-state index is 13.6. The molecule has 112 valence electrons. The van der Waals surface area contributed by atoms with Crippen molar-refractivity contribution in [1.29, 1.82) is 0 Å². The number of carboxylic acids is 1. The summed E-state index contributed by atoms with van der Waals surface area (Å²) in [4.78, 5) is 9.92. The van der Waals surface area contributed by atoms with Crippen molar-refractivity contribution in [3.63, 3.8) is 0 Å². The molecule has 0 aliphatic carbocycles. The Bertz CT molecular complexity index is 590. The van der Waals surface area contributed by atoms with Crippen molar-refractivity contribution >= 4 is 16.0 Å². The van der Waals surface area contributed by atoms with Crippen molar-refractivity contribution in [1.82, 2.24) is 4.31 Å². The molecule has 6 nitrogen and oxygen atoms in total. The van der Waals surface area contributed by atoms with Gasteiger partial charge in [0.25, 0.3) is 0 Å². The van der Waals surface area contributed by atoms with E-state index in [-0.39, 0.29) is 17.2 Å². The highest BCUT2D eigenvalue weighted by molar-refractivity contribution is 7.89. The highest BCUT2D eigenvalue weighted by Gasteiger charge is 2.22. The number of ether oxygens (including phenoxy) is 1. The summed E-state index contributed by atoms with van der Waals surface area (Å²) in [6.45, 7) is -1.95. The average Bonchev–Trinajstić information content (AvgIpc) is 2.37. The number of nitrogens with zero attached hydrogens (tertiary/aromatic N) is 1. The topological polar surface area (TPSA) is 83.9 Å². The second-order valence-corrected chi connectivity index (χ2v) is 5.84. The molecule has 1 rings (SSSR count). The number of carbonyl (C=O) groups is 1. The van der Waals surface area contributed by atoms with Crippen LogP contribution >= 0.6 is 0 Å². The summed E-state index contributed by atoms with van der Waals surface area (Å²) in [7, 11) is -2.82. The Labute approximate surface area is 114 Å². The number of hydrogen-bond donors (Lipinski definition) is 1. The SMILES string of the molecule is CN(CCF)S(=O)(=O)c1ccc(OCC(=O)O)c(F)c1. The molecule has 0 saturated carbocycles. The van der Waals surface area contributed by atoms with Crippen molar-refractivity contribution in [2.45, 2.75) is 4.90 Å². The van der Waals surface area contributed by atoms with Crippen LogP contribution in [0.1, 0.15) is 0 Å². The highest BCUT2D eigenvalue weighted by atomic mass is 32.2. The largest absolute Gasteiger partial charge is 0.479 e. The fraction of sp³-hybridized carbons (Fsp3) is 0.364. The number of benzene rings is 1. The Morgan fingerprint density at radius 1 is 1.45 bits per heavy atom. The lowest BCUT2D eigenvalue weighted by Crippen LogP contribution is -2.29. The molecule has 0 amide bonds. The van der Waals surface area contributed by atoms with Gasteiger partial charge in [0, 0.05) is 13.6 Å². The van der Waals surface area contributed by atoms with Gasteiger partial charge in [-0.2, -0.15) is 4.31 Å². The lowest BCUT2D eigenvalue weighted by Gasteiger charge is -2.15. The minimum atomic E-state index is -3.99. The normalized spacial score (nSPS) is 11.6. The molecule has 0 radical (unpaired) electrons. The molecule has 0 saturated heterocycles. The zero-order valence-electron chi connectivity index (χ0n) is 10.5. The molecule has 0 bridgehead atoms. The van der Waals surface area contributed by atoms with Crippen LogP contribution < -0.4 is 4.74 Å². The number of carboxylic acid groups (broad SMARTS) is 1. The molecule has 0 aliphatic rings. The predicted octanol–water partition coefficient (Wildman–Crippen LogP) is 0.879. The summed E-state index contributed by atoms with van der Waals surface area (Å²) in [6, 6.07) is 2.76. The third-order valence-corrected chi connectivity index (χ3v) is 4.21. The third kappa shape index (κ3) is 3.87. The summed E-state index contributed by atoms with van der Waals surface area (Å²) in [5, 5.41) is 8.40. The van der Waals surface area contributed by atoms with Gasteiger partial charge in [-0.15, -0.1) is 0 Å². The number of hydrogen-bond acceptors (Lipinski definition) is 4. The fourth-order valence-corrected chi connectivity index (χ4v) is 2.48. The van der Waals surface area contributed by atoms with E-state index in [0.29, 0.717) is 6.07 Å². The fourth-order valence-electron chi connectivity index (χ4n) is 1.32. The van der Waals surface area contributed by atoms with Crippen LogP contribution in [0, 0.1) is 5.82 Å². The van der Waals surface area contributed by atoms with Crippen molar-refractivity contribution < 1.29 is 31.8 Å². The first-order chi connectivity index (χ1) is 9.28. The van der Waals surface area contributed by atoms with Crippen molar-refractivity contribution in [2.75, 3.05) is 26.9 Å². The molecule has 0 heterocycles. The number of aliphatic carboxylic acids is 1. The maximum Gasteiger partial charge on any atom is 0.341 e. The van der Waals surface area contributed by atoms with Crippen LogP contribution in [0.2, 0.25) is 0 Å². The maximum absolute atomic E-state index is 13.6. The molecule has 9 heteroatoms. The number of alkyl halides is 1. The second-order valence-electron chi connectivity index (χ2n) is 3.79. The van der Waals surface area contributed by atoms with Crippen molar-refractivity contribution in [3.05, 3.63) is 24.0 Å². The molecular formula is C11H13F2NO5S. The molecule has 0 unspecified atom stereocenters. The van der Waals surface area contributed by atoms with Gasteiger partial charge in [-0.3, -0.25) is 0 Å². The van der Waals surface area contributed by atoms with Gasteiger partial charge in [0.1, 0.15) is 6.67 Å². The summed E-state index contributed by atoms with van der Waals surface area (Å²) < 4.78 is 55.0. The highest BCUT2D eigenvalue weighted by Crippen LogP contribution is 2.22. The van der Waals surface area contributed by atoms with Crippen LogP contribution in [0.3, 0.4) is 0 Å². The average molecular weight is 309 g/mol. The van der Waals surface area contributed by atoms with E-state index in [9.17, 15) is 22.0 Å². The monoisotopic (exact) mass is 309 g/mol. The summed E-state index contributed by atoms with van der Waals surface area (Å²) in [5.74, 6) is -2.68. The van der Waals surface area contributed by atoms with Crippen molar-refractivity contribution in [3.8, 4) is 5.75 Å². The van der Waals surface area contributed by atoms with Crippen LogP contribution in [0.15, 0.2) is 23.1 Å². The molecule has 0 fully saturated rings. The second kappa shape index (κ2) is 6.62. The lowest BCUT2D eigenvalue weighted by molar-refractivity contribution is -0.139. The lowest BCUT2D eigenvalue weighted by atomic mass is 10.3. The number of sulfonamides is 1. The van der Waals surface area contributed by atoms with E-state index in [1.54, 1.807) is 0 Å². The first kappa shape index (κ1) is 16.3. The first-order valence-corrected chi connectivity index (χ1v) is 6.89. The smallest absolute Gasteiger partial charge is 0.341 e. The molecule has 20 heavy (non-hydrogen) atoms. The van der Waals surface area contributed by atoms with Gasteiger partial charge in [-0.05, 0) is 18.2 Å². The van der Waals surface area contributed by atoms with E-state index in [4.69, 9.17) is 5.11 Å². The van der Waals surface area contributed by atoms with Crippen LogP contribution in [0.4, 0.5) is 8.78 Å². The van der Waals surface area contributed by atoms with E-state index in [0.717, 1.165) is 16.4 Å². The van der Waals surface area contributed by atoms with Crippen LogP contribution in [0.25, 0.3) is 0 Å². The van der Waals surface area contributed by atoms with Crippen LogP contribution in [-0.2, 0) is 14.8 Å².